The number of ether oxygens (including phenoxy) is 2. The van der Waals surface area contributed by atoms with Crippen molar-refractivity contribution in [2.24, 2.45) is 0 Å². The Balaban J connectivity index is 1.91. The third-order valence-corrected chi connectivity index (χ3v) is 4.49. The fourth-order valence-electron chi connectivity index (χ4n) is 3.39. The Labute approximate surface area is 142 Å². The molecule has 1 atom stereocenters. The maximum absolute atomic E-state index is 12.5. The number of benzene rings is 1. The van der Waals surface area contributed by atoms with Crippen molar-refractivity contribution in [1.29, 1.82) is 0 Å². The molecule has 1 saturated heterocycles. The molecule has 1 fully saturated rings. The van der Waals surface area contributed by atoms with Gasteiger partial charge in [0.25, 0.3) is 0 Å². The van der Waals surface area contributed by atoms with Gasteiger partial charge in [-0.15, -0.1) is 0 Å². The van der Waals surface area contributed by atoms with E-state index in [9.17, 15) is 4.79 Å². The first-order valence-electron chi connectivity index (χ1n) is 8.30. The van der Waals surface area contributed by atoms with Crippen LogP contribution in [0.4, 0.5) is 4.79 Å². The highest BCUT2D eigenvalue weighted by atomic mass is 35.5. The molecular weight excluding hydrogens is 314 g/mol. The number of halogens is 1. The van der Waals surface area contributed by atoms with Gasteiger partial charge in [-0.3, -0.25) is 0 Å². The fraction of sp³-hybridized carbons (Fsp3) is 0.611. The summed E-state index contributed by atoms with van der Waals surface area (Å²) >= 11 is 6.28. The Bertz CT molecular complexity index is 609. The minimum atomic E-state index is -0.485. The number of carbonyl (C=O) groups excluding carboxylic acids is 1. The third-order valence-electron chi connectivity index (χ3n) is 4.28. The van der Waals surface area contributed by atoms with Gasteiger partial charge in [0.1, 0.15) is 11.4 Å². The molecule has 0 spiro atoms. The molecule has 4 nitrogen and oxygen atoms in total. The quantitative estimate of drug-likeness (QED) is 0.743. The lowest BCUT2D eigenvalue weighted by molar-refractivity contribution is 0.0223. The Hall–Kier alpha value is -1.42. The predicted octanol–water partition coefficient (Wildman–Crippen LogP) is 4.74. The molecule has 1 aromatic carbocycles. The largest absolute Gasteiger partial charge is 0.493 e. The van der Waals surface area contributed by atoms with Gasteiger partial charge in [-0.25, -0.2) is 4.79 Å². The molecule has 1 aromatic rings. The van der Waals surface area contributed by atoms with Crippen LogP contribution in [0.25, 0.3) is 0 Å². The summed E-state index contributed by atoms with van der Waals surface area (Å²) in [7, 11) is 0. The summed E-state index contributed by atoms with van der Waals surface area (Å²) in [5.41, 5.74) is 1.83. The van der Waals surface area contributed by atoms with E-state index in [1.807, 2.05) is 37.8 Å². The first kappa shape index (κ1) is 16.4. The second-order valence-corrected chi connectivity index (χ2v) is 7.69. The van der Waals surface area contributed by atoms with Gasteiger partial charge in [-0.1, -0.05) is 11.6 Å². The lowest BCUT2D eigenvalue weighted by atomic mass is 9.93. The van der Waals surface area contributed by atoms with Crippen molar-refractivity contribution in [3.8, 4) is 5.75 Å². The number of rotatable bonds is 1. The molecule has 0 N–H and O–H groups in total. The first-order chi connectivity index (χ1) is 10.8. The molecule has 0 radical (unpaired) electrons. The van der Waals surface area contributed by atoms with Gasteiger partial charge >= 0.3 is 6.09 Å². The van der Waals surface area contributed by atoms with Crippen molar-refractivity contribution in [2.45, 2.75) is 58.1 Å². The molecule has 5 heteroatoms. The molecule has 1 amide bonds. The molecular formula is C18H24ClNO3. The second kappa shape index (κ2) is 6.23. The van der Waals surface area contributed by atoms with Crippen LogP contribution < -0.4 is 4.74 Å². The third kappa shape index (κ3) is 3.57. The number of likely N-dealkylation sites (tertiary alicyclic amines) is 1. The van der Waals surface area contributed by atoms with E-state index >= 15 is 0 Å². The van der Waals surface area contributed by atoms with Gasteiger partial charge in [0, 0.05) is 11.6 Å². The monoisotopic (exact) mass is 337 g/mol. The molecule has 0 bridgehead atoms. The van der Waals surface area contributed by atoms with E-state index in [1.165, 1.54) is 5.56 Å². The van der Waals surface area contributed by atoms with Crippen LogP contribution in [0.2, 0.25) is 5.02 Å². The van der Waals surface area contributed by atoms with Crippen LogP contribution in [-0.4, -0.2) is 29.7 Å². The summed E-state index contributed by atoms with van der Waals surface area (Å²) in [5, 5.41) is 0.664. The topological polar surface area (TPSA) is 38.8 Å². The summed E-state index contributed by atoms with van der Waals surface area (Å²) in [6, 6.07) is 3.90. The van der Waals surface area contributed by atoms with E-state index < -0.39 is 5.60 Å². The number of fused-ring (bicyclic) bond motifs is 1. The lowest BCUT2D eigenvalue weighted by Gasteiger charge is -2.31. The van der Waals surface area contributed by atoms with Crippen LogP contribution in [0.5, 0.6) is 5.75 Å². The predicted molar refractivity (Wildman–Crippen MR) is 90.2 cm³/mol. The van der Waals surface area contributed by atoms with Gasteiger partial charge in [0.05, 0.1) is 12.6 Å². The zero-order valence-electron chi connectivity index (χ0n) is 14.0. The lowest BCUT2D eigenvalue weighted by Crippen LogP contribution is -2.36. The van der Waals surface area contributed by atoms with Crippen molar-refractivity contribution >= 4 is 17.7 Å². The fourth-order valence-corrected chi connectivity index (χ4v) is 3.60. The smallest absolute Gasteiger partial charge is 0.410 e. The number of hydrogen-bond acceptors (Lipinski definition) is 3. The summed E-state index contributed by atoms with van der Waals surface area (Å²) in [4.78, 5) is 14.4. The molecule has 0 aromatic heterocycles. The molecule has 126 valence electrons. The molecule has 0 unspecified atom stereocenters. The Kier molecular flexibility index (Phi) is 4.45. The van der Waals surface area contributed by atoms with E-state index in [0.717, 1.165) is 50.1 Å². The summed E-state index contributed by atoms with van der Waals surface area (Å²) < 4.78 is 11.3. The average Bonchev–Trinajstić information content (AvgIpc) is 2.93. The summed E-state index contributed by atoms with van der Waals surface area (Å²) in [5.74, 6) is 0.870. The van der Waals surface area contributed by atoms with E-state index in [-0.39, 0.29) is 12.1 Å². The maximum atomic E-state index is 12.5. The van der Waals surface area contributed by atoms with Crippen LogP contribution in [0, 0.1) is 0 Å². The second-order valence-electron chi connectivity index (χ2n) is 7.26. The highest BCUT2D eigenvalue weighted by Gasteiger charge is 2.35. The van der Waals surface area contributed by atoms with Crippen LogP contribution in [0.1, 0.15) is 57.2 Å². The number of nitrogens with zero attached hydrogens (tertiary/aromatic N) is 1. The van der Waals surface area contributed by atoms with E-state index in [0.29, 0.717) is 5.02 Å². The summed E-state index contributed by atoms with van der Waals surface area (Å²) in [6.45, 7) is 7.14. The maximum Gasteiger partial charge on any atom is 0.410 e. The van der Waals surface area contributed by atoms with E-state index in [2.05, 4.69) is 0 Å². The Morgan fingerprint density at radius 3 is 2.87 bits per heavy atom. The van der Waals surface area contributed by atoms with Gasteiger partial charge < -0.3 is 14.4 Å². The molecule has 0 aliphatic carbocycles. The minimum Gasteiger partial charge on any atom is -0.493 e. The molecule has 2 heterocycles. The zero-order valence-corrected chi connectivity index (χ0v) is 14.8. The van der Waals surface area contributed by atoms with Crippen molar-refractivity contribution in [2.75, 3.05) is 13.2 Å². The van der Waals surface area contributed by atoms with Crippen LogP contribution in [0.15, 0.2) is 12.1 Å². The average molecular weight is 338 g/mol. The minimum absolute atomic E-state index is 0.0269. The van der Waals surface area contributed by atoms with Crippen molar-refractivity contribution in [1.82, 2.24) is 4.90 Å². The first-order valence-corrected chi connectivity index (χ1v) is 8.68. The molecule has 2 aliphatic rings. The number of carbonyl (C=O) groups is 1. The molecule has 0 saturated carbocycles. The highest BCUT2D eigenvalue weighted by Crippen LogP contribution is 2.41. The molecule has 23 heavy (non-hydrogen) atoms. The van der Waals surface area contributed by atoms with Crippen molar-refractivity contribution in [3.63, 3.8) is 0 Å². The van der Waals surface area contributed by atoms with Crippen LogP contribution in [-0.2, 0) is 11.2 Å². The van der Waals surface area contributed by atoms with Gasteiger partial charge in [0.15, 0.2) is 0 Å². The van der Waals surface area contributed by atoms with Gasteiger partial charge in [-0.05, 0) is 69.7 Å². The van der Waals surface area contributed by atoms with Crippen molar-refractivity contribution in [3.05, 3.63) is 28.3 Å². The van der Waals surface area contributed by atoms with E-state index in [1.54, 1.807) is 0 Å². The molecule has 2 aliphatic heterocycles. The Morgan fingerprint density at radius 1 is 1.35 bits per heavy atom. The van der Waals surface area contributed by atoms with Crippen LogP contribution >= 0.6 is 11.6 Å². The van der Waals surface area contributed by atoms with Crippen LogP contribution in [0.3, 0.4) is 0 Å². The zero-order chi connectivity index (χ0) is 16.6. The highest BCUT2D eigenvalue weighted by molar-refractivity contribution is 6.30. The summed E-state index contributed by atoms with van der Waals surface area (Å²) in [6.07, 6.45) is 3.64. The van der Waals surface area contributed by atoms with E-state index in [4.69, 9.17) is 21.1 Å². The SMILES string of the molecule is CC(C)(C)OC(=O)N1CCC[C@H]1c1cc(Cl)cc2c1CCCO2. The standard InChI is InChI=1S/C18H24ClNO3/c1-18(2,3)23-17(21)20-8-4-7-15(20)14-10-12(19)11-16-13(14)6-5-9-22-16/h10-11,15H,4-9H2,1-3H3/t15-/m0/s1. The Morgan fingerprint density at radius 2 is 2.13 bits per heavy atom. The van der Waals surface area contributed by atoms with Gasteiger partial charge in [-0.2, -0.15) is 0 Å². The number of amides is 1. The molecule has 3 rings (SSSR count). The normalized spacial score (nSPS) is 20.9. The number of hydrogen-bond donors (Lipinski definition) is 0. The van der Waals surface area contributed by atoms with Crippen molar-refractivity contribution < 1.29 is 14.3 Å². The van der Waals surface area contributed by atoms with Gasteiger partial charge in [0.2, 0.25) is 0 Å².